The van der Waals surface area contributed by atoms with Gasteiger partial charge in [0.1, 0.15) is 24.7 Å². The van der Waals surface area contributed by atoms with Crippen molar-refractivity contribution in [3.05, 3.63) is 35.3 Å². The highest BCUT2D eigenvalue weighted by molar-refractivity contribution is 8.13. The van der Waals surface area contributed by atoms with E-state index in [1.165, 1.54) is 19.5 Å². The maximum absolute atomic E-state index is 13.4. The fourth-order valence-electron chi connectivity index (χ4n) is 3.62. The molecule has 1 heterocycles. The van der Waals surface area contributed by atoms with Gasteiger partial charge in [0.15, 0.2) is 0 Å². The first-order valence-corrected chi connectivity index (χ1v) is 14.9. The Morgan fingerprint density at radius 1 is 1.09 bits per heavy atom. The van der Waals surface area contributed by atoms with Crippen LogP contribution >= 0.6 is 11.8 Å². The Kier molecular flexibility index (Phi) is 18.2. The van der Waals surface area contributed by atoms with Crippen LogP contribution in [-0.4, -0.2) is 99.3 Å². The molecule has 0 aliphatic rings. The van der Waals surface area contributed by atoms with E-state index in [1.807, 2.05) is 11.5 Å². The minimum Gasteiger partial charge on any atom is -0.356 e. The number of thioether (sulfide) groups is 1. The molecule has 0 saturated carbocycles. The van der Waals surface area contributed by atoms with Gasteiger partial charge in [-0.2, -0.15) is 0 Å². The number of amides is 6. The average Bonchev–Trinajstić information content (AvgIpc) is 3.46. The molecule has 1 rings (SSSR count). The molecule has 18 nitrogen and oxygen atoms in total. The largest absolute Gasteiger partial charge is 0.356 e. The molecule has 0 aliphatic heterocycles. The van der Waals surface area contributed by atoms with Gasteiger partial charge in [-0.05, 0) is 13.5 Å². The van der Waals surface area contributed by atoms with Crippen molar-refractivity contribution in [3.63, 3.8) is 0 Å². The molecule has 3 atom stereocenters. The molecule has 0 bridgehead atoms. The van der Waals surface area contributed by atoms with Crippen LogP contribution in [0.4, 0.5) is 0 Å². The Balaban J connectivity index is 3.12. The number of hydrogen-bond donors (Lipinski definition) is 7. The first-order chi connectivity index (χ1) is 21.4. The molecule has 0 aromatic carbocycles. The molecule has 248 valence electrons. The number of unbranched alkanes of at least 4 members (excludes halogenated alkanes) is 1. The summed E-state index contributed by atoms with van der Waals surface area (Å²) in [7, 11) is 1.39. The smallest absolute Gasteiger partial charge is 0.305 e. The van der Waals surface area contributed by atoms with Crippen molar-refractivity contribution < 1.29 is 38.8 Å². The molecule has 0 aliphatic carbocycles. The number of carbonyl (C=O) groups excluding carboxylic acids is 7. The first-order valence-electron chi connectivity index (χ1n) is 13.9. The van der Waals surface area contributed by atoms with E-state index in [1.54, 1.807) is 12.5 Å². The van der Waals surface area contributed by atoms with Crippen molar-refractivity contribution in [2.24, 2.45) is 5.18 Å². The summed E-state index contributed by atoms with van der Waals surface area (Å²) in [5, 5.41) is 22.6. The molecule has 1 aromatic heterocycles. The van der Waals surface area contributed by atoms with Crippen LogP contribution in [0, 0.1) is 4.91 Å². The van der Waals surface area contributed by atoms with E-state index in [4.69, 9.17) is 5.21 Å². The van der Waals surface area contributed by atoms with Crippen LogP contribution in [0.2, 0.25) is 0 Å². The van der Waals surface area contributed by atoms with Crippen LogP contribution in [0.1, 0.15) is 38.8 Å². The Bertz CT molecular complexity index is 1240. The van der Waals surface area contributed by atoms with Gasteiger partial charge in [-0.3, -0.25) is 38.8 Å². The molecule has 45 heavy (non-hydrogen) atoms. The zero-order valence-electron chi connectivity index (χ0n) is 25.2. The van der Waals surface area contributed by atoms with Gasteiger partial charge in [-0.15, -0.1) is 4.91 Å². The zero-order chi connectivity index (χ0) is 33.8. The minimum atomic E-state index is -1.42. The summed E-state index contributed by atoms with van der Waals surface area (Å²) in [6, 6.07) is -3.59. The molecule has 6 amide bonds. The highest BCUT2D eigenvalue weighted by atomic mass is 32.2. The molecular weight excluding hydrogens is 614 g/mol. The zero-order valence-corrected chi connectivity index (χ0v) is 26.0. The summed E-state index contributed by atoms with van der Waals surface area (Å²) in [5.41, 5.74) is 2.09. The summed E-state index contributed by atoms with van der Waals surface area (Å²) >= 11 is 0.624. The number of imidazole rings is 1. The SMILES string of the molecule is CCCCn1cncc1CC(NC(=O)CCNC(C)=O)C(=O)SCC(NC(=O)/C=C/C(NC)C(=O)NO)C(=O)NCC(=O)N=O. The van der Waals surface area contributed by atoms with Crippen molar-refractivity contribution in [1.82, 2.24) is 41.6 Å². The van der Waals surface area contributed by atoms with Crippen LogP contribution in [0.25, 0.3) is 0 Å². The second kappa shape index (κ2) is 21.3. The van der Waals surface area contributed by atoms with Gasteiger partial charge in [0.05, 0.1) is 6.33 Å². The standard InChI is InChI=1S/C26H39N9O9S/c1-4-5-10-35-15-28-12-17(35)11-19(31-22(38)8-9-29-16(2)36)26(42)45-14-20(24(40)30-13-23(39)33-43)32-21(37)7-6-18(27-3)25(41)34-44/h6-7,12,15,18-20,27,44H,4-5,8-11,13-14H2,1-3H3,(H,29,36)(H,30,40)(H,31,38)(H,32,37)(H,34,41)/b7-6+. The van der Waals surface area contributed by atoms with E-state index in [-0.39, 0.29) is 31.0 Å². The van der Waals surface area contributed by atoms with Crippen LogP contribution in [0.5, 0.6) is 0 Å². The molecule has 0 radical (unpaired) electrons. The van der Waals surface area contributed by atoms with E-state index in [0.717, 1.165) is 25.0 Å². The van der Waals surface area contributed by atoms with Crippen molar-refractivity contribution in [3.8, 4) is 0 Å². The number of likely N-dealkylation sites (N-methyl/N-ethyl adjacent to an activating group) is 1. The predicted octanol–water partition coefficient (Wildman–Crippen LogP) is -1.96. The number of nitrogens with zero attached hydrogens (tertiary/aromatic N) is 3. The lowest BCUT2D eigenvalue weighted by atomic mass is 10.1. The number of rotatable bonds is 20. The van der Waals surface area contributed by atoms with Gasteiger partial charge >= 0.3 is 5.91 Å². The van der Waals surface area contributed by atoms with E-state index in [9.17, 15) is 38.5 Å². The number of aromatic nitrogens is 2. The summed E-state index contributed by atoms with van der Waals surface area (Å²) in [5.74, 6) is -5.01. The summed E-state index contributed by atoms with van der Waals surface area (Å²) in [6.07, 6.45) is 6.92. The predicted molar refractivity (Wildman–Crippen MR) is 161 cm³/mol. The Hall–Kier alpha value is -4.49. The Morgan fingerprint density at radius 3 is 2.44 bits per heavy atom. The number of hydrogen-bond acceptors (Lipinski definition) is 12. The number of nitrogens with one attached hydrogen (secondary N) is 6. The number of nitroso groups, excluding NO2 is 1. The summed E-state index contributed by atoms with van der Waals surface area (Å²) in [4.78, 5) is 100. The van der Waals surface area contributed by atoms with Crippen LogP contribution < -0.4 is 32.1 Å². The Labute approximate surface area is 263 Å². The molecule has 19 heteroatoms. The first kappa shape index (κ1) is 38.5. The second-order valence-electron chi connectivity index (χ2n) is 9.48. The van der Waals surface area contributed by atoms with E-state index < -0.39 is 59.3 Å². The van der Waals surface area contributed by atoms with Gasteiger partial charge in [0.2, 0.25) is 28.7 Å². The van der Waals surface area contributed by atoms with E-state index >= 15 is 0 Å². The summed E-state index contributed by atoms with van der Waals surface area (Å²) in [6.45, 7) is 3.26. The van der Waals surface area contributed by atoms with Crippen molar-refractivity contribution in [2.45, 2.75) is 64.2 Å². The number of aryl methyl sites for hydroxylation is 1. The third-order valence-electron chi connectivity index (χ3n) is 5.99. The minimum absolute atomic E-state index is 0.0498. The maximum Gasteiger partial charge on any atom is 0.305 e. The fourth-order valence-corrected chi connectivity index (χ4v) is 4.53. The normalized spacial score (nSPS) is 12.8. The average molecular weight is 654 g/mol. The quantitative estimate of drug-likeness (QED) is 0.0350. The number of carbonyl (C=O) groups is 7. The molecule has 0 fully saturated rings. The van der Waals surface area contributed by atoms with Gasteiger partial charge in [0, 0.05) is 61.8 Å². The van der Waals surface area contributed by atoms with Crippen LogP contribution in [0.15, 0.2) is 29.9 Å². The molecule has 7 N–H and O–H groups in total. The van der Waals surface area contributed by atoms with Gasteiger partial charge < -0.3 is 31.2 Å². The van der Waals surface area contributed by atoms with Crippen molar-refractivity contribution >= 4 is 52.3 Å². The third kappa shape index (κ3) is 15.2. The van der Waals surface area contributed by atoms with Crippen LogP contribution in [-0.2, 0) is 46.5 Å². The summed E-state index contributed by atoms with van der Waals surface area (Å²) < 4.78 is 1.86. The fraction of sp³-hybridized carbons (Fsp3) is 0.538. The molecular formula is C26H39N9O9S. The topological polar surface area (TPSA) is 259 Å². The highest BCUT2D eigenvalue weighted by Gasteiger charge is 2.27. The van der Waals surface area contributed by atoms with Gasteiger partial charge in [-0.1, -0.05) is 31.2 Å². The van der Waals surface area contributed by atoms with E-state index in [2.05, 4.69) is 36.7 Å². The maximum atomic E-state index is 13.4. The Morgan fingerprint density at radius 2 is 1.82 bits per heavy atom. The molecule has 1 aromatic rings. The lowest BCUT2D eigenvalue weighted by Gasteiger charge is -2.21. The van der Waals surface area contributed by atoms with E-state index in [0.29, 0.717) is 24.0 Å². The van der Waals surface area contributed by atoms with Crippen molar-refractivity contribution in [2.75, 3.05) is 25.9 Å². The lowest BCUT2D eigenvalue weighted by Crippen LogP contribution is -2.49. The van der Waals surface area contributed by atoms with Crippen molar-refractivity contribution in [1.29, 1.82) is 0 Å². The molecule has 0 saturated heterocycles. The second-order valence-corrected chi connectivity index (χ2v) is 10.5. The molecule has 3 unspecified atom stereocenters. The lowest BCUT2D eigenvalue weighted by molar-refractivity contribution is -0.130. The molecule has 0 spiro atoms. The highest BCUT2D eigenvalue weighted by Crippen LogP contribution is 2.14. The monoisotopic (exact) mass is 653 g/mol. The number of hydroxylamine groups is 1. The van der Waals surface area contributed by atoms with Gasteiger partial charge in [-0.25, -0.2) is 10.5 Å². The van der Waals surface area contributed by atoms with Crippen LogP contribution in [0.3, 0.4) is 0 Å². The van der Waals surface area contributed by atoms with Gasteiger partial charge in [0.25, 0.3) is 5.91 Å². The third-order valence-corrected chi connectivity index (χ3v) is 7.06.